The zero-order valence-corrected chi connectivity index (χ0v) is 16.8. The third kappa shape index (κ3) is 5.58. The van der Waals surface area contributed by atoms with Gasteiger partial charge in [-0.25, -0.2) is 8.42 Å². The fraction of sp³-hybridized carbons (Fsp3) is 0.250. The predicted molar refractivity (Wildman–Crippen MR) is 110 cm³/mol. The van der Waals surface area contributed by atoms with E-state index in [2.05, 4.69) is 0 Å². The standard InChI is InChI=1S/C20H19Cl2NO3S/c21-17-6-1-15(2-7-17)5-10-20(24)23(19-11-12-27(25,26)14-19)13-16-3-8-18(22)9-4-16/h1-10,19H,11-14H2/b10-5+/t19-/m0/s1. The van der Waals surface area contributed by atoms with Crippen LogP contribution in [0.1, 0.15) is 17.5 Å². The molecule has 1 atom stereocenters. The van der Waals surface area contributed by atoms with Gasteiger partial charge in [-0.05, 0) is 47.9 Å². The normalized spacial score (nSPS) is 18.7. The summed E-state index contributed by atoms with van der Waals surface area (Å²) in [6, 6.07) is 14.0. The van der Waals surface area contributed by atoms with E-state index in [1.807, 2.05) is 24.3 Å². The Kier molecular flexibility index (Phi) is 6.25. The smallest absolute Gasteiger partial charge is 0.247 e. The SMILES string of the molecule is O=C(/C=C/c1ccc(Cl)cc1)N(Cc1ccc(Cl)cc1)[C@H]1CCS(=O)(=O)C1. The average molecular weight is 424 g/mol. The van der Waals surface area contributed by atoms with E-state index in [4.69, 9.17) is 23.2 Å². The van der Waals surface area contributed by atoms with Crippen molar-refractivity contribution >= 4 is 45.0 Å². The maximum absolute atomic E-state index is 12.8. The van der Waals surface area contributed by atoms with Gasteiger partial charge in [-0.15, -0.1) is 0 Å². The monoisotopic (exact) mass is 423 g/mol. The molecule has 0 aliphatic carbocycles. The number of halogens is 2. The third-order valence-electron chi connectivity index (χ3n) is 4.49. The van der Waals surface area contributed by atoms with Gasteiger partial charge in [0.1, 0.15) is 0 Å². The number of hydrogen-bond acceptors (Lipinski definition) is 3. The largest absolute Gasteiger partial charge is 0.331 e. The van der Waals surface area contributed by atoms with E-state index in [1.165, 1.54) is 6.08 Å². The van der Waals surface area contributed by atoms with Gasteiger partial charge < -0.3 is 4.90 Å². The lowest BCUT2D eigenvalue weighted by atomic mass is 10.1. The van der Waals surface area contributed by atoms with Gasteiger partial charge in [0.15, 0.2) is 9.84 Å². The molecule has 4 nitrogen and oxygen atoms in total. The van der Waals surface area contributed by atoms with Gasteiger partial charge >= 0.3 is 0 Å². The van der Waals surface area contributed by atoms with Crippen LogP contribution in [0.4, 0.5) is 0 Å². The molecule has 7 heteroatoms. The second kappa shape index (κ2) is 8.46. The van der Waals surface area contributed by atoms with Crippen molar-refractivity contribution in [1.29, 1.82) is 0 Å². The summed E-state index contributed by atoms with van der Waals surface area (Å²) in [5.74, 6) is -0.105. The van der Waals surface area contributed by atoms with Crippen molar-refractivity contribution in [3.63, 3.8) is 0 Å². The number of carbonyl (C=O) groups excluding carboxylic acids is 1. The minimum absolute atomic E-state index is 0.00111. The number of benzene rings is 2. The molecule has 2 aromatic rings. The third-order valence-corrected chi connectivity index (χ3v) is 6.74. The predicted octanol–water partition coefficient (Wildman–Crippen LogP) is 4.22. The van der Waals surface area contributed by atoms with Crippen molar-refractivity contribution in [3.05, 3.63) is 75.8 Å². The van der Waals surface area contributed by atoms with Gasteiger partial charge in [0, 0.05) is 28.7 Å². The van der Waals surface area contributed by atoms with Crippen molar-refractivity contribution in [1.82, 2.24) is 4.90 Å². The van der Waals surface area contributed by atoms with Gasteiger partial charge in [0.2, 0.25) is 5.91 Å². The van der Waals surface area contributed by atoms with E-state index >= 15 is 0 Å². The van der Waals surface area contributed by atoms with E-state index in [0.717, 1.165) is 11.1 Å². The van der Waals surface area contributed by atoms with Crippen molar-refractivity contribution in [3.8, 4) is 0 Å². The molecule has 1 fully saturated rings. The molecule has 1 heterocycles. The molecule has 1 amide bonds. The van der Waals surface area contributed by atoms with Crippen LogP contribution in [0.2, 0.25) is 10.0 Å². The molecule has 0 aromatic heterocycles. The molecule has 0 N–H and O–H groups in total. The molecular formula is C20H19Cl2NO3S. The van der Waals surface area contributed by atoms with Crippen LogP contribution in [0.3, 0.4) is 0 Å². The lowest BCUT2D eigenvalue weighted by Gasteiger charge is -2.27. The summed E-state index contributed by atoms with van der Waals surface area (Å²) in [7, 11) is -3.10. The fourth-order valence-electron chi connectivity index (χ4n) is 3.03. The fourth-order valence-corrected chi connectivity index (χ4v) is 5.01. The number of carbonyl (C=O) groups is 1. The van der Waals surface area contributed by atoms with E-state index in [9.17, 15) is 13.2 Å². The summed E-state index contributed by atoms with van der Waals surface area (Å²) < 4.78 is 23.8. The number of amides is 1. The number of rotatable bonds is 5. The number of nitrogens with zero attached hydrogens (tertiary/aromatic N) is 1. The maximum atomic E-state index is 12.8. The molecule has 3 rings (SSSR count). The summed E-state index contributed by atoms with van der Waals surface area (Å²) in [6.45, 7) is 0.334. The Morgan fingerprint density at radius 3 is 2.19 bits per heavy atom. The Hall–Kier alpha value is -1.82. The van der Waals surface area contributed by atoms with Gasteiger partial charge in [-0.3, -0.25) is 4.79 Å². The first-order valence-corrected chi connectivity index (χ1v) is 11.1. The highest BCUT2D eigenvalue weighted by Crippen LogP contribution is 2.22. The molecule has 0 saturated carbocycles. The Morgan fingerprint density at radius 1 is 1.04 bits per heavy atom. The highest BCUT2D eigenvalue weighted by Gasteiger charge is 2.34. The first-order chi connectivity index (χ1) is 12.8. The van der Waals surface area contributed by atoms with Gasteiger partial charge in [-0.2, -0.15) is 0 Å². The molecule has 1 aliphatic rings. The highest BCUT2D eigenvalue weighted by molar-refractivity contribution is 7.91. The molecule has 27 heavy (non-hydrogen) atoms. The second-order valence-electron chi connectivity index (χ2n) is 6.53. The average Bonchev–Trinajstić information content (AvgIpc) is 3.00. The van der Waals surface area contributed by atoms with E-state index in [-0.39, 0.29) is 23.5 Å². The first-order valence-electron chi connectivity index (χ1n) is 8.51. The van der Waals surface area contributed by atoms with Crippen LogP contribution in [-0.4, -0.2) is 36.8 Å². The summed E-state index contributed by atoms with van der Waals surface area (Å²) in [5.41, 5.74) is 1.75. The zero-order valence-electron chi connectivity index (χ0n) is 14.5. The van der Waals surface area contributed by atoms with Crippen molar-refractivity contribution in [2.75, 3.05) is 11.5 Å². The minimum atomic E-state index is -3.10. The lowest BCUT2D eigenvalue weighted by molar-refractivity contribution is -0.128. The van der Waals surface area contributed by atoms with Crippen LogP contribution in [-0.2, 0) is 21.2 Å². The van der Waals surface area contributed by atoms with E-state index < -0.39 is 9.84 Å². The second-order valence-corrected chi connectivity index (χ2v) is 9.64. The van der Waals surface area contributed by atoms with Crippen LogP contribution < -0.4 is 0 Å². The topological polar surface area (TPSA) is 54.5 Å². The zero-order chi connectivity index (χ0) is 19.4. The van der Waals surface area contributed by atoms with E-state index in [1.54, 1.807) is 35.2 Å². The van der Waals surface area contributed by atoms with Gasteiger partial charge in [0.05, 0.1) is 11.5 Å². The molecule has 1 saturated heterocycles. The van der Waals surface area contributed by atoms with Crippen molar-refractivity contribution < 1.29 is 13.2 Å². The lowest BCUT2D eigenvalue weighted by Crippen LogP contribution is -2.39. The van der Waals surface area contributed by atoms with Crippen LogP contribution in [0, 0.1) is 0 Å². The molecule has 142 valence electrons. The Balaban J connectivity index is 1.80. The van der Waals surface area contributed by atoms with Crippen molar-refractivity contribution in [2.45, 2.75) is 19.0 Å². The van der Waals surface area contributed by atoms with Gasteiger partial charge in [-0.1, -0.05) is 47.5 Å². The molecule has 0 spiro atoms. The Bertz CT molecular complexity index is 938. The molecule has 1 aliphatic heterocycles. The summed E-state index contributed by atoms with van der Waals surface area (Å²) in [6.07, 6.45) is 3.64. The van der Waals surface area contributed by atoms with Crippen LogP contribution in [0.15, 0.2) is 54.6 Å². The molecule has 2 aromatic carbocycles. The number of hydrogen-bond donors (Lipinski definition) is 0. The number of sulfone groups is 1. The highest BCUT2D eigenvalue weighted by atomic mass is 35.5. The van der Waals surface area contributed by atoms with Crippen LogP contribution in [0.5, 0.6) is 0 Å². The molecular weight excluding hydrogens is 405 g/mol. The first kappa shape index (κ1) is 19.9. The minimum Gasteiger partial charge on any atom is -0.331 e. The maximum Gasteiger partial charge on any atom is 0.247 e. The van der Waals surface area contributed by atoms with E-state index in [0.29, 0.717) is 23.0 Å². The molecule has 0 unspecified atom stereocenters. The van der Waals surface area contributed by atoms with Gasteiger partial charge in [0.25, 0.3) is 0 Å². The van der Waals surface area contributed by atoms with Crippen molar-refractivity contribution in [2.24, 2.45) is 0 Å². The summed E-state index contributed by atoms with van der Waals surface area (Å²) in [4.78, 5) is 14.5. The molecule has 0 bridgehead atoms. The molecule has 0 radical (unpaired) electrons. The van der Waals surface area contributed by atoms with Crippen LogP contribution >= 0.6 is 23.2 Å². The summed E-state index contributed by atoms with van der Waals surface area (Å²) >= 11 is 11.8. The van der Waals surface area contributed by atoms with Crippen LogP contribution in [0.25, 0.3) is 6.08 Å². The summed E-state index contributed by atoms with van der Waals surface area (Å²) in [5, 5.41) is 1.24. The quantitative estimate of drug-likeness (QED) is 0.676. The Labute approximate surface area is 169 Å². The Morgan fingerprint density at radius 2 is 1.63 bits per heavy atom.